The van der Waals surface area contributed by atoms with Crippen molar-refractivity contribution < 1.29 is 0 Å². The van der Waals surface area contributed by atoms with Crippen LogP contribution in [-0.4, -0.2) is 13.1 Å². The Bertz CT molecular complexity index is 372. The van der Waals surface area contributed by atoms with Crippen LogP contribution in [0.1, 0.15) is 12.0 Å². The van der Waals surface area contributed by atoms with Crippen LogP contribution in [0.25, 0.3) is 5.57 Å². The quantitative estimate of drug-likeness (QED) is 0.698. The maximum absolute atomic E-state index is 6.11. The predicted octanol–water partition coefficient (Wildman–Crippen LogP) is 3.38. The molecule has 1 aromatic rings. The first-order chi connectivity index (χ1) is 6.77. The molecule has 0 saturated carbocycles. The van der Waals surface area contributed by atoms with Gasteiger partial charge >= 0.3 is 0 Å². The van der Waals surface area contributed by atoms with Gasteiger partial charge in [-0.3, -0.25) is 0 Å². The highest BCUT2D eigenvalue weighted by Crippen LogP contribution is 2.29. The van der Waals surface area contributed by atoms with Gasteiger partial charge in [-0.1, -0.05) is 35.3 Å². The molecule has 0 fully saturated rings. The van der Waals surface area contributed by atoms with E-state index < -0.39 is 0 Å². The highest BCUT2D eigenvalue weighted by Gasteiger charge is 2.09. The van der Waals surface area contributed by atoms with Crippen molar-refractivity contribution in [3.8, 4) is 0 Å². The van der Waals surface area contributed by atoms with Crippen molar-refractivity contribution in [3.05, 3.63) is 39.9 Å². The average Bonchev–Trinajstić information content (AvgIpc) is 2.19. The van der Waals surface area contributed by atoms with E-state index in [2.05, 4.69) is 11.4 Å². The van der Waals surface area contributed by atoms with E-state index in [0.29, 0.717) is 5.02 Å². The van der Waals surface area contributed by atoms with E-state index in [4.69, 9.17) is 23.2 Å². The Labute approximate surface area is 93.7 Å². The Morgan fingerprint density at radius 2 is 2.07 bits per heavy atom. The summed E-state index contributed by atoms with van der Waals surface area (Å²) < 4.78 is 0. The molecule has 0 aliphatic carbocycles. The Balaban J connectivity index is 2.35. The minimum absolute atomic E-state index is 0.680. The van der Waals surface area contributed by atoms with Crippen molar-refractivity contribution >= 4 is 28.8 Å². The summed E-state index contributed by atoms with van der Waals surface area (Å²) in [5, 5.41) is 5.66. The van der Waals surface area contributed by atoms with Crippen LogP contribution >= 0.6 is 23.2 Å². The fourth-order valence-corrected chi connectivity index (χ4v) is 2.09. The maximum atomic E-state index is 6.11. The van der Waals surface area contributed by atoms with Gasteiger partial charge < -0.3 is 0 Å². The molecule has 0 unspecified atom stereocenters. The minimum atomic E-state index is 0.680. The number of hydrogen-bond donors (Lipinski definition) is 0. The lowest BCUT2D eigenvalue weighted by atomic mass is 10.0. The Kier molecular flexibility index (Phi) is 3.12. The van der Waals surface area contributed by atoms with Crippen molar-refractivity contribution in [3.63, 3.8) is 0 Å². The summed E-state index contributed by atoms with van der Waals surface area (Å²) in [6, 6.07) is 5.63. The Morgan fingerprint density at radius 3 is 2.71 bits per heavy atom. The number of rotatable bonds is 1. The molecule has 0 saturated heterocycles. The standard InChI is InChI=1S/C11H10Cl2N/c12-9-1-2-10(11(13)7-9)8-3-5-14-6-4-8/h1-3,7H,4-6H2. The summed E-state index contributed by atoms with van der Waals surface area (Å²) in [6.45, 7) is 1.69. The third-order valence-electron chi connectivity index (χ3n) is 2.28. The Hall–Kier alpha value is -0.500. The van der Waals surface area contributed by atoms with E-state index in [1.807, 2.05) is 12.1 Å². The smallest absolute Gasteiger partial charge is 0.0495 e. The molecule has 1 aliphatic heterocycles. The van der Waals surface area contributed by atoms with Gasteiger partial charge in [0.2, 0.25) is 0 Å². The van der Waals surface area contributed by atoms with Gasteiger partial charge in [-0.25, -0.2) is 5.32 Å². The topological polar surface area (TPSA) is 14.1 Å². The molecule has 0 atom stereocenters. The monoisotopic (exact) mass is 226 g/mol. The molecule has 0 amide bonds. The first kappa shape index (κ1) is 10.0. The van der Waals surface area contributed by atoms with Crippen molar-refractivity contribution in [1.29, 1.82) is 0 Å². The van der Waals surface area contributed by atoms with Crippen LogP contribution in [0.15, 0.2) is 24.3 Å². The van der Waals surface area contributed by atoms with E-state index in [1.54, 1.807) is 6.07 Å². The third kappa shape index (κ3) is 2.11. The van der Waals surface area contributed by atoms with Crippen LogP contribution in [0.3, 0.4) is 0 Å². The summed E-state index contributed by atoms with van der Waals surface area (Å²) in [5.74, 6) is 0. The van der Waals surface area contributed by atoms with Gasteiger partial charge in [0.25, 0.3) is 0 Å². The van der Waals surface area contributed by atoms with E-state index in [9.17, 15) is 0 Å². The van der Waals surface area contributed by atoms with Crippen molar-refractivity contribution in [2.24, 2.45) is 0 Å². The normalized spacial score (nSPS) is 16.6. The predicted molar refractivity (Wildman–Crippen MR) is 60.9 cm³/mol. The van der Waals surface area contributed by atoms with Gasteiger partial charge in [-0.15, -0.1) is 0 Å². The van der Waals surface area contributed by atoms with Gasteiger partial charge in [0, 0.05) is 23.1 Å². The molecule has 3 heteroatoms. The molecule has 73 valence electrons. The van der Waals surface area contributed by atoms with Gasteiger partial charge in [0.1, 0.15) is 0 Å². The summed E-state index contributed by atoms with van der Waals surface area (Å²) in [7, 11) is 0. The van der Waals surface area contributed by atoms with Gasteiger partial charge in [0.05, 0.1) is 0 Å². The zero-order chi connectivity index (χ0) is 9.97. The molecule has 1 aliphatic rings. The van der Waals surface area contributed by atoms with Crippen LogP contribution in [0, 0.1) is 0 Å². The first-order valence-corrected chi connectivity index (χ1v) is 5.30. The highest BCUT2D eigenvalue weighted by molar-refractivity contribution is 6.35. The lowest BCUT2D eigenvalue weighted by Gasteiger charge is -2.14. The molecule has 2 rings (SSSR count). The lowest BCUT2D eigenvalue weighted by molar-refractivity contribution is 0.723. The lowest BCUT2D eigenvalue weighted by Crippen LogP contribution is -2.12. The SMILES string of the molecule is Clc1ccc(C2=CC[N]CC2)c(Cl)c1. The third-order valence-corrected chi connectivity index (χ3v) is 2.83. The summed E-state index contributed by atoms with van der Waals surface area (Å²) in [5.41, 5.74) is 2.37. The first-order valence-electron chi connectivity index (χ1n) is 4.55. The Morgan fingerprint density at radius 1 is 1.21 bits per heavy atom. The van der Waals surface area contributed by atoms with Crippen molar-refractivity contribution in [2.45, 2.75) is 6.42 Å². The van der Waals surface area contributed by atoms with E-state index in [-0.39, 0.29) is 0 Å². The number of nitrogens with zero attached hydrogens (tertiary/aromatic N) is 1. The number of halogens is 2. The fourth-order valence-electron chi connectivity index (χ4n) is 1.56. The van der Waals surface area contributed by atoms with E-state index in [1.165, 1.54) is 5.57 Å². The second-order valence-electron chi connectivity index (χ2n) is 3.23. The minimum Gasteiger partial charge on any atom is -0.237 e. The van der Waals surface area contributed by atoms with Gasteiger partial charge in [-0.05, 0) is 29.7 Å². The van der Waals surface area contributed by atoms with Crippen LogP contribution in [-0.2, 0) is 0 Å². The zero-order valence-corrected chi connectivity index (χ0v) is 9.15. The number of hydrogen-bond acceptors (Lipinski definition) is 0. The summed E-state index contributed by atoms with van der Waals surface area (Å²) >= 11 is 11.9. The molecule has 1 heterocycles. The molecule has 1 radical (unpaired) electrons. The highest BCUT2D eigenvalue weighted by atomic mass is 35.5. The summed E-state index contributed by atoms with van der Waals surface area (Å²) in [4.78, 5) is 0. The van der Waals surface area contributed by atoms with Crippen LogP contribution in [0.2, 0.25) is 10.0 Å². The molecule has 0 aromatic heterocycles. The van der Waals surface area contributed by atoms with Crippen LogP contribution in [0.4, 0.5) is 0 Å². The summed E-state index contributed by atoms with van der Waals surface area (Å²) in [6.07, 6.45) is 3.10. The molecule has 1 nitrogen and oxygen atoms in total. The van der Waals surface area contributed by atoms with E-state index >= 15 is 0 Å². The molecule has 0 spiro atoms. The second-order valence-corrected chi connectivity index (χ2v) is 4.08. The molecular weight excluding hydrogens is 217 g/mol. The van der Waals surface area contributed by atoms with Crippen molar-refractivity contribution in [2.75, 3.05) is 13.1 Å². The van der Waals surface area contributed by atoms with Crippen molar-refractivity contribution in [1.82, 2.24) is 5.32 Å². The molecule has 0 N–H and O–H groups in total. The molecular formula is C11H10Cl2N. The largest absolute Gasteiger partial charge is 0.237 e. The molecule has 14 heavy (non-hydrogen) atoms. The fraction of sp³-hybridized carbons (Fsp3) is 0.273. The average molecular weight is 227 g/mol. The van der Waals surface area contributed by atoms with Gasteiger partial charge in [0.15, 0.2) is 0 Å². The number of benzene rings is 1. The zero-order valence-electron chi connectivity index (χ0n) is 7.63. The van der Waals surface area contributed by atoms with Crippen LogP contribution < -0.4 is 5.32 Å². The van der Waals surface area contributed by atoms with Crippen LogP contribution in [0.5, 0.6) is 0 Å². The second kappa shape index (κ2) is 4.35. The molecule has 0 bridgehead atoms. The maximum Gasteiger partial charge on any atom is 0.0495 e. The van der Waals surface area contributed by atoms with Gasteiger partial charge in [-0.2, -0.15) is 0 Å². The van der Waals surface area contributed by atoms with E-state index in [0.717, 1.165) is 30.1 Å². The molecule has 1 aromatic carbocycles.